The zero-order chi connectivity index (χ0) is 32.3. The van der Waals surface area contributed by atoms with Crippen LogP contribution in [0.15, 0.2) is 52.0 Å². The number of pyridine rings is 3. The highest BCUT2D eigenvalue weighted by atomic mass is 32.2. The molecule has 7 heterocycles. The topological polar surface area (TPSA) is 137 Å². The Morgan fingerprint density at radius 2 is 1.89 bits per heavy atom. The third-order valence-electron chi connectivity index (χ3n) is 10.0. The van der Waals surface area contributed by atoms with Gasteiger partial charge in [-0.2, -0.15) is 0 Å². The molecule has 8 rings (SSSR count). The molecule has 0 bridgehead atoms. The molecule has 3 aliphatic rings. The van der Waals surface area contributed by atoms with Gasteiger partial charge in [-0.15, -0.1) is 10.2 Å². The van der Waals surface area contributed by atoms with Gasteiger partial charge >= 0.3 is 0 Å². The molecular formula is C35H39N7O4S. The number of aryl methyl sites for hydroxylation is 3. The molecule has 1 aliphatic carbocycles. The molecule has 2 atom stereocenters. The number of rotatable bonds is 8. The van der Waals surface area contributed by atoms with Crippen molar-refractivity contribution in [1.82, 2.24) is 29.5 Å². The van der Waals surface area contributed by atoms with E-state index in [0.717, 1.165) is 62.5 Å². The van der Waals surface area contributed by atoms with E-state index in [9.17, 15) is 8.42 Å². The van der Waals surface area contributed by atoms with E-state index < -0.39 is 9.84 Å². The van der Waals surface area contributed by atoms with E-state index in [0.29, 0.717) is 46.4 Å². The van der Waals surface area contributed by atoms with Crippen LogP contribution in [-0.2, 0) is 27.4 Å². The van der Waals surface area contributed by atoms with E-state index in [2.05, 4.69) is 40.4 Å². The van der Waals surface area contributed by atoms with E-state index in [-0.39, 0.29) is 34.4 Å². The van der Waals surface area contributed by atoms with Crippen molar-refractivity contribution in [2.75, 3.05) is 24.3 Å². The molecule has 12 heteroatoms. The van der Waals surface area contributed by atoms with Crippen LogP contribution in [0, 0.1) is 18.8 Å². The van der Waals surface area contributed by atoms with Crippen molar-refractivity contribution in [1.29, 1.82) is 0 Å². The molecule has 2 aliphatic heterocycles. The van der Waals surface area contributed by atoms with Gasteiger partial charge in [0.25, 0.3) is 0 Å². The zero-order valence-corrected chi connectivity index (χ0v) is 27.8. The third-order valence-corrected chi connectivity index (χ3v) is 11.9. The molecule has 1 saturated heterocycles. The molecular weight excluding hydrogens is 614 g/mol. The number of imidazole rings is 1. The first-order chi connectivity index (χ1) is 22.8. The molecule has 0 radical (unpaired) electrons. The highest BCUT2D eigenvalue weighted by molar-refractivity contribution is 7.92. The van der Waals surface area contributed by atoms with Gasteiger partial charge in [0.15, 0.2) is 9.84 Å². The summed E-state index contributed by atoms with van der Waals surface area (Å²) in [5, 5.41) is 12.3. The van der Waals surface area contributed by atoms with Crippen LogP contribution in [0.1, 0.15) is 80.0 Å². The number of hydrogen-bond donors (Lipinski definition) is 1. The largest absolute Gasteiger partial charge is 0.421 e. The predicted molar refractivity (Wildman–Crippen MR) is 177 cm³/mol. The monoisotopic (exact) mass is 653 g/mol. The fraction of sp³-hybridized carbons (Fsp3) is 0.457. The second-order valence-corrected chi connectivity index (χ2v) is 15.4. The van der Waals surface area contributed by atoms with E-state index in [4.69, 9.17) is 19.1 Å². The summed E-state index contributed by atoms with van der Waals surface area (Å²) in [6, 6.07) is 10.2. The number of ether oxygens (including phenoxy) is 1. The first kappa shape index (κ1) is 30.2. The number of nitrogens with zero attached hydrogens (tertiary/aromatic N) is 6. The van der Waals surface area contributed by atoms with E-state index in [1.807, 2.05) is 41.1 Å². The molecule has 5 aromatic heterocycles. The maximum atomic E-state index is 14.1. The Morgan fingerprint density at radius 3 is 2.68 bits per heavy atom. The van der Waals surface area contributed by atoms with Crippen molar-refractivity contribution in [3.63, 3.8) is 0 Å². The molecule has 1 N–H and O–H groups in total. The van der Waals surface area contributed by atoms with Gasteiger partial charge < -0.3 is 14.5 Å². The van der Waals surface area contributed by atoms with E-state index in [1.54, 1.807) is 6.92 Å². The summed E-state index contributed by atoms with van der Waals surface area (Å²) in [5.74, 6) is 1.92. The van der Waals surface area contributed by atoms with E-state index >= 15 is 0 Å². The SMILES string of the molecule is Cc1nnc(-c2c(CCC3CCOCC3)nc3c(c2-c2cn4c(N[C@@H]5CCc6ncccc65)cccc4n2)S(=O)(=O)C[C@@H]3C(C)C)o1. The Labute approximate surface area is 274 Å². The maximum Gasteiger partial charge on any atom is 0.250 e. The standard InChI is InChI=1S/C35H39N7O4S/c1-20(2)24-19-47(43,44)34-31(32(35-41-40-21(3)46-35)27(39-33(24)34)10-9-22-13-16-45-17-14-22)28-18-42-29(7-4-8-30(42)38-28)37-26-12-11-25-23(26)6-5-15-36-25/h4-8,15,18,20,22,24,26,37H,9-14,16-17,19H2,1-3H3/t24-,26-/m1/s1. The maximum absolute atomic E-state index is 14.1. The van der Waals surface area contributed by atoms with Gasteiger partial charge in [0.2, 0.25) is 11.8 Å². The molecule has 0 aromatic carbocycles. The van der Waals surface area contributed by atoms with Crippen molar-refractivity contribution in [2.24, 2.45) is 11.8 Å². The Kier molecular flexibility index (Phi) is 7.59. The average molecular weight is 654 g/mol. The lowest BCUT2D eigenvalue weighted by Gasteiger charge is -2.23. The summed E-state index contributed by atoms with van der Waals surface area (Å²) < 4.78 is 41.9. The molecule has 1 fully saturated rings. The minimum atomic E-state index is -3.69. The van der Waals surface area contributed by atoms with Gasteiger partial charge in [0, 0.05) is 49.7 Å². The minimum Gasteiger partial charge on any atom is -0.421 e. The van der Waals surface area contributed by atoms with Crippen LogP contribution in [0.2, 0.25) is 0 Å². The van der Waals surface area contributed by atoms with Crippen LogP contribution in [0.5, 0.6) is 0 Å². The normalized spacial score (nSPS) is 20.6. The Bertz CT molecular complexity index is 2080. The van der Waals surface area contributed by atoms with Gasteiger partial charge in [-0.05, 0) is 74.1 Å². The molecule has 11 nitrogen and oxygen atoms in total. The minimum absolute atomic E-state index is 0.0149. The van der Waals surface area contributed by atoms with Crippen LogP contribution in [0.3, 0.4) is 0 Å². The van der Waals surface area contributed by atoms with Crippen molar-refractivity contribution in [2.45, 2.75) is 76.2 Å². The zero-order valence-electron chi connectivity index (χ0n) is 26.9. The van der Waals surface area contributed by atoms with Crippen LogP contribution >= 0.6 is 0 Å². The lowest BCUT2D eigenvalue weighted by atomic mass is 9.89. The van der Waals surface area contributed by atoms with Crippen LogP contribution in [0.25, 0.3) is 28.4 Å². The van der Waals surface area contributed by atoms with Crippen LogP contribution in [-0.4, -0.2) is 56.9 Å². The molecule has 0 saturated carbocycles. The highest BCUT2D eigenvalue weighted by Crippen LogP contribution is 2.48. The Morgan fingerprint density at radius 1 is 1.04 bits per heavy atom. The summed E-state index contributed by atoms with van der Waals surface area (Å²) >= 11 is 0. The number of fused-ring (bicyclic) bond motifs is 3. The molecule has 244 valence electrons. The Balaban J connectivity index is 1.31. The lowest BCUT2D eigenvalue weighted by molar-refractivity contribution is 0.0639. The highest BCUT2D eigenvalue weighted by Gasteiger charge is 2.43. The van der Waals surface area contributed by atoms with Gasteiger partial charge in [-0.25, -0.2) is 13.4 Å². The van der Waals surface area contributed by atoms with Gasteiger partial charge in [-0.3, -0.25) is 14.4 Å². The first-order valence-corrected chi connectivity index (χ1v) is 18.3. The third kappa shape index (κ3) is 5.41. The second kappa shape index (κ2) is 11.8. The fourth-order valence-electron chi connectivity index (χ4n) is 7.53. The first-order valence-electron chi connectivity index (χ1n) is 16.6. The molecule has 0 spiro atoms. The summed E-state index contributed by atoms with van der Waals surface area (Å²) in [5.41, 5.74) is 6.04. The quantitative estimate of drug-likeness (QED) is 0.208. The number of hydrogen-bond acceptors (Lipinski definition) is 10. The number of nitrogens with one attached hydrogen (secondary N) is 1. The number of aromatic nitrogens is 6. The summed E-state index contributed by atoms with van der Waals surface area (Å²) in [6.07, 6.45) is 9.19. The lowest BCUT2D eigenvalue weighted by Crippen LogP contribution is -2.17. The van der Waals surface area contributed by atoms with Crippen molar-refractivity contribution >= 4 is 21.3 Å². The summed E-state index contributed by atoms with van der Waals surface area (Å²) in [7, 11) is -3.69. The fourth-order valence-corrected chi connectivity index (χ4v) is 9.75. The summed E-state index contributed by atoms with van der Waals surface area (Å²) in [4.78, 5) is 15.1. The predicted octanol–water partition coefficient (Wildman–Crippen LogP) is 6.14. The molecule has 0 unspecified atom stereocenters. The Hall–Kier alpha value is -4.16. The number of sulfone groups is 1. The van der Waals surface area contributed by atoms with Crippen molar-refractivity contribution in [3.8, 4) is 22.7 Å². The number of anilines is 1. The molecule has 47 heavy (non-hydrogen) atoms. The van der Waals surface area contributed by atoms with Gasteiger partial charge in [-0.1, -0.05) is 26.0 Å². The second-order valence-electron chi connectivity index (χ2n) is 13.4. The van der Waals surface area contributed by atoms with Gasteiger partial charge in [0.05, 0.1) is 39.3 Å². The molecule has 0 amide bonds. The van der Waals surface area contributed by atoms with Crippen molar-refractivity contribution in [3.05, 3.63) is 71.3 Å². The average Bonchev–Trinajstić information content (AvgIpc) is 3.85. The summed E-state index contributed by atoms with van der Waals surface area (Å²) in [6.45, 7) is 7.39. The smallest absolute Gasteiger partial charge is 0.250 e. The van der Waals surface area contributed by atoms with Gasteiger partial charge in [0.1, 0.15) is 11.5 Å². The van der Waals surface area contributed by atoms with Crippen molar-refractivity contribution < 1.29 is 17.6 Å². The van der Waals surface area contributed by atoms with E-state index in [1.165, 1.54) is 5.56 Å². The van der Waals surface area contributed by atoms with Crippen LogP contribution in [0.4, 0.5) is 5.82 Å². The van der Waals surface area contributed by atoms with Crippen LogP contribution < -0.4 is 5.32 Å². The molecule has 5 aromatic rings.